The van der Waals surface area contributed by atoms with Crippen LogP contribution < -0.4 is 0 Å². The first-order valence-corrected chi connectivity index (χ1v) is 26.4. The third-order valence-electron chi connectivity index (χ3n) is 11.3. The van der Waals surface area contributed by atoms with Crippen LogP contribution in [0.4, 0.5) is 0 Å². The van der Waals surface area contributed by atoms with E-state index in [2.05, 4.69) is 122 Å². The van der Waals surface area contributed by atoms with Crippen molar-refractivity contribution in [3.63, 3.8) is 0 Å². The van der Waals surface area contributed by atoms with Gasteiger partial charge >= 0.3 is 5.97 Å². The number of carbonyl (C=O) groups is 1. The van der Waals surface area contributed by atoms with Crippen molar-refractivity contribution in [3.8, 4) is 0 Å². The highest BCUT2D eigenvalue weighted by atomic mass is 28.4. The maximum atomic E-state index is 12.5. The zero-order valence-electron chi connectivity index (χ0n) is 34.1. The lowest BCUT2D eigenvalue weighted by Gasteiger charge is -2.47. The standard InChI is InChI=1S/C37H74O7Si3/c1-26(21-22-40-45(15,16)34(4,5)6)23-30(38)27(2)33(44-47(19,20)36(10,11)12)28(3)31(43-46(17,18)35(7,8)9)24-29-25-32(39)42-37(13,14)41-29/h23,25,27-28,30-31,33,38H,21-22,24H2,1-20H3/b26-23+/t27-,28-,30+,31+,33+/m0/s1. The summed E-state index contributed by atoms with van der Waals surface area (Å²) in [6.45, 7) is 44.2. The van der Waals surface area contributed by atoms with Crippen molar-refractivity contribution < 1.29 is 32.7 Å². The fraction of sp³-hybridized carbons (Fsp3) is 0.865. The average Bonchev–Trinajstić information content (AvgIpc) is 2.82. The SMILES string of the molecule is C/C(=C\[C@@H](O)[C@H](C)[C@@H](O[Si](C)(C)C(C)(C)C)[C@@H](C)[C@@H](CC1=CC(=O)OC(C)(C)O1)O[Si](C)(C)C(C)(C)C)CCO[Si](C)(C)C(C)(C)C. The zero-order chi connectivity index (χ0) is 37.2. The normalized spacial score (nSPS) is 20.5. The van der Waals surface area contributed by atoms with Crippen LogP contribution in [0.2, 0.25) is 54.4 Å². The van der Waals surface area contributed by atoms with E-state index in [4.69, 9.17) is 22.8 Å². The quantitative estimate of drug-likeness (QED) is 0.103. The average molecular weight is 715 g/mol. The summed E-state index contributed by atoms with van der Waals surface area (Å²) in [5.74, 6) is -1.25. The first kappa shape index (κ1) is 44.3. The lowest BCUT2D eigenvalue weighted by Crippen LogP contribution is -2.53. The molecule has 0 aromatic heterocycles. The van der Waals surface area contributed by atoms with Crippen LogP contribution in [0.25, 0.3) is 0 Å². The first-order chi connectivity index (χ1) is 20.7. The van der Waals surface area contributed by atoms with Crippen LogP contribution in [0.1, 0.15) is 110 Å². The molecule has 7 nitrogen and oxygen atoms in total. The minimum atomic E-state index is -2.28. The molecule has 0 aromatic carbocycles. The fourth-order valence-electron chi connectivity index (χ4n) is 4.78. The number of ether oxygens (including phenoxy) is 2. The molecule has 0 aliphatic carbocycles. The topological polar surface area (TPSA) is 83.5 Å². The maximum Gasteiger partial charge on any atom is 0.337 e. The number of carbonyl (C=O) groups excluding carboxylic acids is 1. The van der Waals surface area contributed by atoms with Crippen molar-refractivity contribution in [1.82, 2.24) is 0 Å². The highest BCUT2D eigenvalue weighted by Gasteiger charge is 2.47. The van der Waals surface area contributed by atoms with Gasteiger partial charge in [0.15, 0.2) is 25.0 Å². The Bertz CT molecular complexity index is 1100. The Balaban J connectivity index is 3.54. The molecule has 0 radical (unpaired) electrons. The number of hydrogen-bond acceptors (Lipinski definition) is 7. The Morgan fingerprint density at radius 1 is 0.830 bits per heavy atom. The van der Waals surface area contributed by atoms with Gasteiger partial charge in [-0.1, -0.05) is 87.8 Å². The number of esters is 1. The molecule has 1 N–H and O–H groups in total. The molecule has 0 bridgehead atoms. The molecular formula is C37H74O7Si3. The number of aliphatic hydroxyl groups excluding tert-OH is 1. The van der Waals surface area contributed by atoms with E-state index in [1.165, 1.54) is 6.08 Å². The molecule has 1 aliphatic heterocycles. The summed E-state index contributed by atoms with van der Waals surface area (Å²) < 4.78 is 32.4. The van der Waals surface area contributed by atoms with Gasteiger partial charge in [0.05, 0.1) is 24.4 Å². The molecule has 1 aliphatic rings. The predicted octanol–water partition coefficient (Wildman–Crippen LogP) is 10.3. The minimum Gasteiger partial charge on any atom is -0.457 e. The van der Waals surface area contributed by atoms with Gasteiger partial charge in [-0.25, -0.2) is 4.79 Å². The summed E-state index contributed by atoms with van der Waals surface area (Å²) in [5.41, 5.74) is 1.11. The van der Waals surface area contributed by atoms with E-state index >= 15 is 0 Å². The van der Waals surface area contributed by atoms with Crippen molar-refractivity contribution >= 4 is 30.9 Å². The van der Waals surface area contributed by atoms with Crippen LogP contribution in [0, 0.1) is 11.8 Å². The highest BCUT2D eigenvalue weighted by molar-refractivity contribution is 6.75. The Hall–Kier alpha value is -0.759. The molecule has 5 atom stereocenters. The number of hydrogen-bond donors (Lipinski definition) is 1. The molecule has 0 saturated carbocycles. The number of rotatable bonds is 15. The second-order valence-electron chi connectivity index (χ2n) is 19.1. The lowest BCUT2D eigenvalue weighted by molar-refractivity contribution is -0.207. The summed E-state index contributed by atoms with van der Waals surface area (Å²) in [6, 6.07) is 0. The van der Waals surface area contributed by atoms with Gasteiger partial charge < -0.3 is 27.9 Å². The minimum absolute atomic E-state index is 0.0267. The van der Waals surface area contributed by atoms with Crippen LogP contribution in [-0.2, 0) is 27.5 Å². The Morgan fingerprint density at radius 2 is 1.30 bits per heavy atom. The van der Waals surface area contributed by atoms with Crippen LogP contribution in [0.15, 0.2) is 23.5 Å². The predicted molar refractivity (Wildman–Crippen MR) is 204 cm³/mol. The lowest BCUT2D eigenvalue weighted by atomic mass is 9.84. The molecule has 47 heavy (non-hydrogen) atoms. The van der Waals surface area contributed by atoms with Gasteiger partial charge in [-0.05, 0) is 67.7 Å². The summed E-state index contributed by atoms with van der Waals surface area (Å²) >= 11 is 0. The van der Waals surface area contributed by atoms with Gasteiger partial charge in [-0.2, -0.15) is 0 Å². The monoisotopic (exact) mass is 714 g/mol. The molecule has 0 amide bonds. The second-order valence-corrected chi connectivity index (χ2v) is 33.4. The largest absolute Gasteiger partial charge is 0.457 e. The van der Waals surface area contributed by atoms with Crippen molar-refractivity contribution in [2.24, 2.45) is 11.8 Å². The molecule has 10 heteroatoms. The van der Waals surface area contributed by atoms with Crippen molar-refractivity contribution in [1.29, 1.82) is 0 Å². The molecule has 0 spiro atoms. The third-order valence-corrected chi connectivity index (χ3v) is 24.8. The van der Waals surface area contributed by atoms with E-state index in [0.717, 1.165) is 12.0 Å². The van der Waals surface area contributed by atoms with E-state index in [1.54, 1.807) is 13.8 Å². The van der Waals surface area contributed by atoms with E-state index in [0.29, 0.717) is 18.8 Å². The summed E-state index contributed by atoms with van der Waals surface area (Å²) in [5, 5.41) is 11.9. The molecule has 1 rings (SSSR count). The van der Waals surface area contributed by atoms with Gasteiger partial charge in [0.2, 0.25) is 5.79 Å². The summed E-state index contributed by atoms with van der Waals surface area (Å²) in [4.78, 5) is 12.5. The van der Waals surface area contributed by atoms with E-state index in [9.17, 15) is 9.90 Å². The van der Waals surface area contributed by atoms with Crippen molar-refractivity contribution in [3.05, 3.63) is 23.5 Å². The van der Waals surface area contributed by atoms with Crippen LogP contribution >= 0.6 is 0 Å². The molecule has 0 fully saturated rings. The van der Waals surface area contributed by atoms with Gasteiger partial charge in [-0.15, -0.1) is 0 Å². The summed E-state index contributed by atoms with van der Waals surface area (Å²) in [6.07, 6.45) is 3.28. The second kappa shape index (κ2) is 15.6. The molecular weight excluding hydrogens is 641 g/mol. The van der Waals surface area contributed by atoms with Gasteiger partial charge in [-0.3, -0.25) is 0 Å². The number of cyclic esters (lactones) is 1. The van der Waals surface area contributed by atoms with Gasteiger partial charge in [0, 0.05) is 38.7 Å². The molecule has 276 valence electrons. The van der Waals surface area contributed by atoms with Crippen molar-refractivity contribution in [2.45, 2.75) is 188 Å². The molecule has 1 heterocycles. The summed E-state index contributed by atoms with van der Waals surface area (Å²) in [7, 11) is -6.40. The van der Waals surface area contributed by atoms with E-state index in [-0.39, 0.29) is 39.2 Å². The van der Waals surface area contributed by atoms with Crippen molar-refractivity contribution in [2.75, 3.05) is 6.61 Å². The van der Waals surface area contributed by atoms with E-state index in [1.807, 2.05) is 6.08 Å². The fourth-order valence-corrected chi connectivity index (χ4v) is 8.70. The smallest absolute Gasteiger partial charge is 0.337 e. The van der Waals surface area contributed by atoms with Crippen LogP contribution in [0.3, 0.4) is 0 Å². The Kier molecular flexibility index (Phi) is 14.7. The highest BCUT2D eigenvalue weighted by Crippen LogP contribution is 2.44. The van der Waals surface area contributed by atoms with E-state index < -0.39 is 42.8 Å². The first-order valence-electron chi connectivity index (χ1n) is 17.7. The molecule has 0 unspecified atom stereocenters. The van der Waals surface area contributed by atoms with Gasteiger partial charge in [0.1, 0.15) is 5.76 Å². The van der Waals surface area contributed by atoms with Crippen LogP contribution in [0.5, 0.6) is 0 Å². The molecule has 0 saturated heterocycles. The Morgan fingerprint density at radius 3 is 1.74 bits per heavy atom. The third kappa shape index (κ3) is 12.8. The maximum absolute atomic E-state index is 12.5. The van der Waals surface area contributed by atoms with Gasteiger partial charge in [0.25, 0.3) is 0 Å². The number of aliphatic hydroxyl groups is 1. The Labute approximate surface area is 293 Å². The molecule has 0 aromatic rings. The van der Waals surface area contributed by atoms with Crippen LogP contribution in [-0.4, -0.2) is 66.7 Å². The zero-order valence-corrected chi connectivity index (χ0v) is 37.1.